The van der Waals surface area contributed by atoms with Gasteiger partial charge in [-0.3, -0.25) is 19.7 Å². The Bertz CT molecular complexity index is 1200. The third kappa shape index (κ3) is 4.02. The highest BCUT2D eigenvalue weighted by molar-refractivity contribution is 7.13. The molecule has 162 valence electrons. The monoisotopic (exact) mass is 443 g/mol. The fourth-order valence-corrected chi connectivity index (χ4v) is 4.30. The number of aromatic nitrogens is 2. The zero-order valence-corrected chi connectivity index (χ0v) is 18.0. The van der Waals surface area contributed by atoms with Gasteiger partial charge in [-0.05, 0) is 19.1 Å². The molecule has 0 radical (unpaired) electrons. The molecule has 1 aromatic carbocycles. The summed E-state index contributed by atoms with van der Waals surface area (Å²) in [4.78, 5) is 44.8. The number of rotatable bonds is 4. The summed E-state index contributed by atoms with van der Waals surface area (Å²) in [5.41, 5.74) is 0.355. The Labute approximate surface area is 181 Å². The van der Waals surface area contributed by atoms with E-state index in [9.17, 15) is 14.4 Å². The number of nitrogens with zero attached hydrogens (tertiary/aromatic N) is 4. The fraction of sp³-hybridized carbons (Fsp3) is 0.333. The topological polar surface area (TPSA) is 87.5 Å². The number of carbonyl (C=O) groups excluding carboxylic acids is 2. The van der Waals surface area contributed by atoms with Crippen LogP contribution in [0.3, 0.4) is 0 Å². The maximum absolute atomic E-state index is 15.0. The summed E-state index contributed by atoms with van der Waals surface area (Å²) in [7, 11) is 0. The van der Waals surface area contributed by atoms with Crippen molar-refractivity contribution in [3.8, 4) is 0 Å². The first kappa shape index (κ1) is 21.0. The van der Waals surface area contributed by atoms with Crippen LogP contribution >= 0.6 is 11.3 Å². The van der Waals surface area contributed by atoms with E-state index in [4.69, 9.17) is 0 Å². The van der Waals surface area contributed by atoms with Gasteiger partial charge in [0.15, 0.2) is 5.13 Å². The lowest BCUT2D eigenvalue weighted by Crippen LogP contribution is -2.48. The molecule has 8 nitrogen and oxygen atoms in total. The molecule has 1 N–H and O–H groups in total. The number of nitrogens with one attached hydrogen (secondary N) is 1. The molecule has 1 saturated heterocycles. The molecule has 10 heteroatoms. The van der Waals surface area contributed by atoms with E-state index in [0.717, 1.165) is 0 Å². The van der Waals surface area contributed by atoms with Gasteiger partial charge in [0, 0.05) is 62.8 Å². The molecule has 1 aliphatic rings. The largest absolute Gasteiger partial charge is 0.366 e. The standard InChI is InChI=1S/C21H22FN5O3S/c1-3-25-12-15(20(30)24-21-23-4-9-31-21)19(29)14-10-16(22)18(11-17(14)25)27-7-5-26(6-8-27)13(2)28/h4,9-12H,3,5-8H2,1-2H3,(H,23,24,30). The molecule has 3 aromatic rings. The third-order valence-electron chi connectivity index (χ3n) is 5.45. The van der Waals surface area contributed by atoms with Gasteiger partial charge < -0.3 is 14.4 Å². The molecule has 0 saturated carbocycles. The van der Waals surface area contributed by atoms with E-state index >= 15 is 4.39 Å². The van der Waals surface area contributed by atoms with Crippen molar-refractivity contribution in [1.82, 2.24) is 14.5 Å². The van der Waals surface area contributed by atoms with E-state index in [1.807, 2.05) is 11.8 Å². The fourth-order valence-electron chi connectivity index (χ4n) is 3.78. The van der Waals surface area contributed by atoms with Crippen molar-refractivity contribution in [3.63, 3.8) is 0 Å². The van der Waals surface area contributed by atoms with Crippen LogP contribution in [0.25, 0.3) is 10.9 Å². The SMILES string of the molecule is CCn1cc(C(=O)Nc2nccs2)c(=O)c2cc(F)c(N3CCN(C(C)=O)CC3)cc21. The quantitative estimate of drug-likeness (QED) is 0.670. The van der Waals surface area contributed by atoms with Gasteiger partial charge in [0.25, 0.3) is 5.91 Å². The zero-order chi connectivity index (χ0) is 22.1. The van der Waals surface area contributed by atoms with Gasteiger partial charge in [-0.25, -0.2) is 9.37 Å². The Balaban J connectivity index is 1.72. The van der Waals surface area contributed by atoms with Crippen molar-refractivity contribution in [2.75, 3.05) is 36.4 Å². The average molecular weight is 444 g/mol. The first-order valence-electron chi connectivity index (χ1n) is 9.97. The van der Waals surface area contributed by atoms with Gasteiger partial charge in [0.1, 0.15) is 11.4 Å². The molecule has 0 spiro atoms. The Morgan fingerprint density at radius 1 is 1.23 bits per heavy atom. The van der Waals surface area contributed by atoms with E-state index in [1.165, 1.54) is 30.5 Å². The molecular weight excluding hydrogens is 421 g/mol. The lowest BCUT2D eigenvalue weighted by Gasteiger charge is -2.36. The second-order valence-corrected chi connectivity index (χ2v) is 8.16. The number of halogens is 1. The van der Waals surface area contributed by atoms with Crippen molar-refractivity contribution in [1.29, 1.82) is 0 Å². The van der Waals surface area contributed by atoms with Crippen molar-refractivity contribution in [3.05, 3.63) is 51.5 Å². The summed E-state index contributed by atoms with van der Waals surface area (Å²) >= 11 is 1.25. The molecule has 0 aliphatic carbocycles. The minimum Gasteiger partial charge on any atom is -0.366 e. The van der Waals surface area contributed by atoms with Crippen LogP contribution in [0.4, 0.5) is 15.2 Å². The van der Waals surface area contributed by atoms with E-state index < -0.39 is 17.2 Å². The second kappa shape index (κ2) is 8.46. The Hall–Kier alpha value is -3.27. The van der Waals surface area contributed by atoms with E-state index in [1.54, 1.807) is 27.1 Å². The molecule has 1 aliphatic heterocycles. The number of benzene rings is 1. The first-order valence-corrected chi connectivity index (χ1v) is 10.8. The van der Waals surface area contributed by atoms with E-state index in [0.29, 0.717) is 49.1 Å². The van der Waals surface area contributed by atoms with Crippen molar-refractivity contribution in [2.24, 2.45) is 0 Å². The molecule has 2 aromatic heterocycles. The lowest BCUT2D eigenvalue weighted by molar-refractivity contribution is -0.129. The average Bonchev–Trinajstić information content (AvgIpc) is 3.27. The number of piperazine rings is 1. The maximum atomic E-state index is 15.0. The number of pyridine rings is 1. The van der Waals surface area contributed by atoms with E-state index in [2.05, 4.69) is 10.3 Å². The van der Waals surface area contributed by atoms with Gasteiger partial charge >= 0.3 is 0 Å². The highest BCUT2D eigenvalue weighted by Gasteiger charge is 2.23. The van der Waals surface area contributed by atoms with Crippen LogP contribution < -0.4 is 15.6 Å². The molecule has 0 bridgehead atoms. The van der Waals surface area contributed by atoms with Crippen molar-refractivity contribution >= 4 is 44.9 Å². The lowest BCUT2D eigenvalue weighted by atomic mass is 10.1. The van der Waals surface area contributed by atoms with Gasteiger partial charge in [0.2, 0.25) is 11.3 Å². The Morgan fingerprint density at radius 2 is 1.97 bits per heavy atom. The summed E-state index contributed by atoms with van der Waals surface area (Å²) in [5, 5.41) is 4.86. The van der Waals surface area contributed by atoms with Gasteiger partial charge in [-0.1, -0.05) is 0 Å². The molecule has 31 heavy (non-hydrogen) atoms. The summed E-state index contributed by atoms with van der Waals surface area (Å²) in [6.45, 7) is 5.96. The van der Waals surface area contributed by atoms with Crippen LogP contribution in [0.2, 0.25) is 0 Å². The van der Waals surface area contributed by atoms with Gasteiger partial charge in [0.05, 0.1) is 11.2 Å². The normalized spacial score (nSPS) is 14.2. The third-order valence-corrected chi connectivity index (χ3v) is 6.14. The highest BCUT2D eigenvalue weighted by Crippen LogP contribution is 2.26. The summed E-state index contributed by atoms with van der Waals surface area (Å²) in [6.07, 6.45) is 3.06. The second-order valence-electron chi connectivity index (χ2n) is 7.26. The minimum atomic E-state index is -0.575. The summed E-state index contributed by atoms with van der Waals surface area (Å²) in [6, 6.07) is 2.86. The summed E-state index contributed by atoms with van der Waals surface area (Å²) in [5.74, 6) is -1.10. The number of amides is 2. The predicted molar refractivity (Wildman–Crippen MR) is 118 cm³/mol. The molecule has 1 fully saturated rings. The highest BCUT2D eigenvalue weighted by atomic mass is 32.1. The van der Waals surface area contributed by atoms with Crippen LogP contribution in [0.1, 0.15) is 24.2 Å². The molecule has 3 heterocycles. The van der Waals surface area contributed by atoms with E-state index in [-0.39, 0.29) is 16.9 Å². The van der Waals surface area contributed by atoms with Crippen LogP contribution in [0.5, 0.6) is 0 Å². The zero-order valence-electron chi connectivity index (χ0n) is 17.2. The van der Waals surface area contributed by atoms with Crippen molar-refractivity contribution < 1.29 is 14.0 Å². The number of aryl methyl sites for hydroxylation is 1. The number of anilines is 2. The van der Waals surface area contributed by atoms with Crippen LogP contribution in [-0.2, 0) is 11.3 Å². The molecule has 4 rings (SSSR count). The van der Waals surface area contributed by atoms with Gasteiger partial charge in [-0.2, -0.15) is 0 Å². The number of carbonyl (C=O) groups is 2. The van der Waals surface area contributed by atoms with Gasteiger partial charge in [-0.15, -0.1) is 11.3 Å². The molecule has 0 unspecified atom stereocenters. The Kier molecular flexibility index (Phi) is 5.73. The first-order chi connectivity index (χ1) is 14.9. The smallest absolute Gasteiger partial charge is 0.262 e. The van der Waals surface area contributed by atoms with Crippen LogP contribution in [-0.4, -0.2) is 52.4 Å². The van der Waals surface area contributed by atoms with Crippen molar-refractivity contribution in [2.45, 2.75) is 20.4 Å². The van der Waals surface area contributed by atoms with Crippen LogP contribution in [0, 0.1) is 5.82 Å². The Morgan fingerprint density at radius 3 is 2.58 bits per heavy atom. The molecule has 2 amide bonds. The number of thiazole rings is 1. The number of hydrogen-bond acceptors (Lipinski definition) is 6. The predicted octanol–water partition coefficient (Wildman–Crippen LogP) is 2.54. The minimum absolute atomic E-state index is 0.00186. The molecular formula is C21H22FN5O3S. The number of fused-ring (bicyclic) bond motifs is 1. The van der Waals surface area contributed by atoms with Crippen LogP contribution in [0.15, 0.2) is 34.7 Å². The maximum Gasteiger partial charge on any atom is 0.262 e. The summed E-state index contributed by atoms with van der Waals surface area (Å²) < 4.78 is 16.8. The molecule has 0 atom stereocenters. The number of hydrogen-bond donors (Lipinski definition) is 1.